The molecule has 0 saturated heterocycles. The third-order valence-corrected chi connectivity index (χ3v) is 2.98. The third-order valence-electron chi connectivity index (χ3n) is 2.26. The Hall–Kier alpha value is -2.06. The number of halogens is 2. The van der Waals surface area contributed by atoms with Gasteiger partial charge < -0.3 is 5.84 Å². The number of fused-ring (bicyclic) bond motifs is 1. The van der Waals surface area contributed by atoms with Gasteiger partial charge in [-0.05, 0) is 16.8 Å². The minimum Gasteiger partial charge on any atom is -0.336 e. The van der Waals surface area contributed by atoms with Crippen LogP contribution in [0.3, 0.4) is 0 Å². The molecule has 2 aromatic rings. The molecule has 0 atom stereocenters. The van der Waals surface area contributed by atoms with Gasteiger partial charge in [-0.15, -0.1) is 0 Å². The molecule has 0 radical (unpaired) electrons. The molecule has 0 amide bonds. The molecule has 0 aliphatic heterocycles. The molecule has 2 rings (SSSR count). The predicted molar refractivity (Wildman–Crippen MR) is 65.0 cm³/mol. The molecular formula is C8H4Cl2N4O4. The summed E-state index contributed by atoms with van der Waals surface area (Å²) in [4.78, 5) is 33.7. The SMILES string of the molecule is Nn1c(=O)c(=O)n([N+](=O)[O-])c2cc(Cl)c(Cl)cc21. The molecule has 1 heterocycles. The van der Waals surface area contributed by atoms with E-state index in [1.807, 2.05) is 0 Å². The van der Waals surface area contributed by atoms with E-state index in [2.05, 4.69) is 0 Å². The van der Waals surface area contributed by atoms with Crippen LogP contribution in [0.25, 0.3) is 11.0 Å². The first-order chi connectivity index (χ1) is 8.34. The molecule has 2 N–H and O–H groups in total. The Morgan fingerprint density at radius 3 is 2.11 bits per heavy atom. The van der Waals surface area contributed by atoms with Crippen molar-refractivity contribution in [1.29, 1.82) is 0 Å². The Morgan fingerprint density at radius 1 is 1.11 bits per heavy atom. The van der Waals surface area contributed by atoms with Crippen molar-refractivity contribution in [2.24, 2.45) is 0 Å². The summed E-state index contributed by atoms with van der Waals surface area (Å²) in [6.07, 6.45) is 0. The summed E-state index contributed by atoms with van der Waals surface area (Å²) in [5, 5.41) is 9.82. The fourth-order valence-corrected chi connectivity index (χ4v) is 1.78. The Kier molecular flexibility index (Phi) is 2.76. The van der Waals surface area contributed by atoms with Gasteiger partial charge in [-0.1, -0.05) is 23.2 Å². The fourth-order valence-electron chi connectivity index (χ4n) is 1.46. The normalized spacial score (nSPS) is 10.8. The van der Waals surface area contributed by atoms with E-state index in [9.17, 15) is 19.7 Å². The van der Waals surface area contributed by atoms with Crippen molar-refractivity contribution < 1.29 is 5.03 Å². The van der Waals surface area contributed by atoms with Gasteiger partial charge in [0.25, 0.3) is 0 Å². The molecular weight excluding hydrogens is 287 g/mol. The summed E-state index contributed by atoms with van der Waals surface area (Å²) < 4.78 is 0.559. The van der Waals surface area contributed by atoms with Crippen LogP contribution in [0.1, 0.15) is 0 Å². The highest BCUT2D eigenvalue weighted by Gasteiger charge is 2.20. The van der Waals surface area contributed by atoms with Crippen molar-refractivity contribution in [2.45, 2.75) is 0 Å². The average Bonchev–Trinajstić information content (AvgIpc) is 2.29. The zero-order valence-corrected chi connectivity index (χ0v) is 9.97. The van der Waals surface area contributed by atoms with Crippen LogP contribution in [-0.4, -0.2) is 14.4 Å². The Morgan fingerprint density at radius 2 is 1.61 bits per heavy atom. The van der Waals surface area contributed by atoms with E-state index in [1.165, 1.54) is 6.07 Å². The second kappa shape index (κ2) is 4.00. The molecule has 0 fully saturated rings. The van der Waals surface area contributed by atoms with E-state index in [1.54, 1.807) is 0 Å². The quantitative estimate of drug-likeness (QED) is 0.349. The average molecular weight is 291 g/mol. The van der Waals surface area contributed by atoms with Gasteiger partial charge in [0, 0.05) is 0 Å². The smallest absolute Gasteiger partial charge is 0.336 e. The van der Waals surface area contributed by atoms with Crippen molar-refractivity contribution in [2.75, 3.05) is 5.84 Å². The first-order valence-corrected chi connectivity index (χ1v) is 5.16. The lowest BCUT2D eigenvalue weighted by Gasteiger charge is -2.07. The number of benzene rings is 1. The Balaban J connectivity index is 3.18. The molecule has 18 heavy (non-hydrogen) atoms. The second-order valence-electron chi connectivity index (χ2n) is 3.28. The van der Waals surface area contributed by atoms with Gasteiger partial charge in [-0.2, -0.15) is 0 Å². The highest BCUT2D eigenvalue weighted by molar-refractivity contribution is 6.42. The minimum atomic E-state index is -1.38. The van der Waals surface area contributed by atoms with Gasteiger partial charge in [0.1, 0.15) is 5.52 Å². The van der Waals surface area contributed by atoms with E-state index in [-0.39, 0.29) is 25.8 Å². The van der Waals surface area contributed by atoms with Crippen LogP contribution >= 0.6 is 23.2 Å². The third kappa shape index (κ3) is 1.62. The topological polar surface area (TPSA) is 113 Å². The van der Waals surface area contributed by atoms with Crippen LogP contribution in [0.5, 0.6) is 0 Å². The van der Waals surface area contributed by atoms with E-state index >= 15 is 0 Å². The number of nitrogens with two attached hydrogens (primary N) is 1. The zero-order valence-electron chi connectivity index (χ0n) is 8.46. The van der Waals surface area contributed by atoms with Crippen LogP contribution in [0, 0.1) is 10.1 Å². The van der Waals surface area contributed by atoms with E-state index in [0.717, 1.165) is 6.07 Å². The fraction of sp³-hybridized carbons (Fsp3) is 0. The number of hydrogen-bond donors (Lipinski definition) is 1. The largest absolute Gasteiger partial charge is 0.379 e. The zero-order chi connectivity index (χ0) is 13.6. The van der Waals surface area contributed by atoms with Crippen molar-refractivity contribution in [3.63, 3.8) is 0 Å². The highest BCUT2D eigenvalue weighted by atomic mass is 35.5. The van der Waals surface area contributed by atoms with Crippen molar-refractivity contribution in [3.05, 3.63) is 53.0 Å². The number of hydrogen-bond acceptors (Lipinski definition) is 5. The van der Waals surface area contributed by atoms with Gasteiger partial charge in [-0.3, -0.25) is 9.59 Å². The van der Waals surface area contributed by atoms with Gasteiger partial charge >= 0.3 is 11.1 Å². The maximum absolute atomic E-state index is 11.5. The van der Waals surface area contributed by atoms with E-state index in [0.29, 0.717) is 4.68 Å². The highest BCUT2D eigenvalue weighted by Crippen LogP contribution is 2.26. The number of nitrogens with zero attached hydrogens (tertiary/aromatic N) is 3. The summed E-state index contributed by atoms with van der Waals surface area (Å²) in [7, 11) is 0. The molecule has 0 saturated carbocycles. The molecule has 94 valence electrons. The summed E-state index contributed by atoms with van der Waals surface area (Å²) in [6, 6.07) is 2.26. The second-order valence-corrected chi connectivity index (χ2v) is 4.10. The molecule has 0 bridgehead atoms. The molecule has 0 unspecified atom stereocenters. The van der Waals surface area contributed by atoms with Gasteiger partial charge in [-0.25, -0.2) is 14.8 Å². The molecule has 1 aromatic heterocycles. The first kappa shape index (κ1) is 12.4. The maximum Gasteiger partial charge on any atom is 0.379 e. The lowest BCUT2D eigenvalue weighted by atomic mass is 10.3. The van der Waals surface area contributed by atoms with Crippen LogP contribution in [0.15, 0.2) is 21.7 Å². The Bertz CT molecular complexity index is 794. The summed E-state index contributed by atoms with van der Waals surface area (Å²) in [5.41, 5.74) is -2.92. The van der Waals surface area contributed by atoms with Crippen LogP contribution in [-0.2, 0) is 0 Å². The van der Waals surface area contributed by atoms with Crippen LogP contribution in [0.2, 0.25) is 10.0 Å². The number of rotatable bonds is 1. The number of nitrogen functional groups attached to an aromatic ring is 1. The van der Waals surface area contributed by atoms with Crippen molar-refractivity contribution >= 4 is 34.2 Å². The van der Waals surface area contributed by atoms with Crippen LogP contribution < -0.4 is 17.0 Å². The lowest BCUT2D eigenvalue weighted by Crippen LogP contribution is -2.46. The molecule has 0 spiro atoms. The summed E-state index contributed by atoms with van der Waals surface area (Å²) >= 11 is 11.4. The molecule has 8 nitrogen and oxygen atoms in total. The Labute approximate surface area is 108 Å². The van der Waals surface area contributed by atoms with Gasteiger partial charge in [0.05, 0.1) is 15.6 Å². The standard InChI is InChI=1S/C8H4Cl2N4O4/c9-3-1-5-6(2-4(3)10)13(14(17)18)8(16)7(15)12(5)11/h1-2H,11H2. The van der Waals surface area contributed by atoms with Crippen LogP contribution in [0.4, 0.5) is 0 Å². The van der Waals surface area contributed by atoms with E-state index in [4.69, 9.17) is 29.0 Å². The number of aromatic nitrogens is 2. The number of nitro groups is 1. The predicted octanol–water partition coefficient (Wildman–Crippen LogP) is 0.224. The van der Waals surface area contributed by atoms with Gasteiger partial charge in [0.15, 0.2) is 5.03 Å². The molecule has 0 aliphatic carbocycles. The molecule has 0 aliphatic rings. The summed E-state index contributed by atoms with van der Waals surface area (Å²) in [5.74, 6) is 5.37. The lowest BCUT2D eigenvalue weighted by molar-refractivity contribution is -0.540. The van der Waals surface area contributed by atoms with Gasteiger partial charge in [0.2, 0.25) is 0 Å². The molecule has 10 heteroatoms. The minimum absolute atomic E-state index is 0.00202. The monoisotopic (exact) mass is 290 g/mol. The summed E-state index contributed by atoms with van der Waals surface area (Å²) in [6.45, 7) is 0. The first-order valence-electron chi connectivity index (χ1n) is 4.41. The van der Waals surface area contributed by atoms with Crippen molar-refractivity contribution in [1.82, 2.24) is 9.35 Å². The maximum atomic E-state index is 11.5. The molecule has 1 aromatic carbocycles. The van der Waals surface area contributed by atoms with Crippen molar-refractivity contribution in [3.8, 4) is 0 Å². The van der Waals surface area contributed by atoms with E-state index < -0.39 is 16.2 Å².